The van der Waals surface area contributed by atoms with E-state index in [-0.39, 0.29) is 5.78 Å². The predicted molar refractivity (Wildman–Crippen MR) is 140 cm³/mol. The highest BCUT2D eigenvalue weighted by molar-refractivity contribution is 9.10. The molecule has 0 aliphatic carbocycles. The maximum Gasteiger partial charge on any atom is 0.197 e. The second-order valence-electron chi connectivity index (χ2n) is 7.63. The average Bonchev–Trinajstić information content (AvgIpc) is 3.32. The second kappa shape index (κ2) is 10.2. The molecule has 1 heterocycles. The Morgan fingerprint density at radius 2 is 1.41 bits per heavy atom. The summed E-state index contributed by atoms with van der Waals surface area (Å²) in [7, 11) is 0. The largest absolute Gasteiger partial charge is 0.293 e. The van der Waals surface area contributed by atoms with Crippen LogP contribution < -0.4 is 0 Å². The van der Waals surface area contributed by atoms with Crippen LogP contribution in [0, 0.1) is 0 Å². The third-order valence-electron chi connectivity index (χ3n) is 5.35. The van der Waals surface area contributed by atoms with E-state index in [9.17, 15) is 4.79 Å². The van der Waals surface area contributed by atoms with Gasteiger partial charge in [0.25, 0.3) is 0 Å². The Morgan fingerprint density at radius 1 is 0.765 bits per heavy atom. The fraction of sp³-hybridized carbons (Fsp3) is 0.0357. The van der Waals surface area contributed by atoms with E-state index >= 15 is 0 Å². The van der Waals surface area contributed by atoms with Crippen LogP contribution in [0.3, 0.4) is 0 Å². The number of thioether (sulfide) groups is 1. The number of carbonyl (C=O) groups excluding carboxylic acids is 1. The molecule has 6 heteroatoms. The lowest BCUT2D eigenvalue weighted by Gasteiger charge is -2.17. The SMILES string of the molecule is O=C(c1ccccc1)[C@H](Sc1nnc(-c2cccc(Br)c2)n1-c1ccccc1)c1ccccc1. The van der Waals surface area contributed by atoms with Gasteiger partial charge in [-0.15, -0.1) is 10.2 Å². The zero-order chi connectivity index (χ0) is 23.3. The molecule has 0 aliphatic rings. The fourth-order valence-corrected chi connectivity index (χ4v) is 5.26. The third kappa shape index (κ3) is 4.74. The number of rotatable bonds is 7. The molecule has 0 unspecified atom stereocenters. The molecule has 166 valence electrons. The van der Waals surface area contributed by atoms with Crippen molar-refractivity contribution in [2.45, 2.75) is 10.4 Å². The molecule has 34 heavy (non-hydrogen) atoms. The number of carbonyl (C=O) groups is 1. The summed E-state index contributed by atoms with van der Waals surface area (Å²) >= 11 is 4.97. The van der Waals surface area contributed by atoms with Gasteiger partial charge in [0, 0.05) is 21.3 Å². The Bertz CT molecular complexity index is 1410. The molecule has 1 atom stereocenters. The van der Waals surface area contributed by atoms with Crippen LogP contribution in [-0.4, -0.2) is 20.5 Å². The van der Waals surface area contributed by atoms with E-state index in [2.05, 4.69) is 26.1 Å². The van der Waals surface area contributed by atoms with Crippen molar-refractivity contribution >= 4 is 33.5 Å². The van der Waals surface area contributed by atoms with Crippen molar-refractivity contribution in [1.29, 1.82) is 0 Å². The first kappa shape index (κ1) is 22.3. The Kier molecular flexibility index (Phi) is 6.70. The third-order valence-corrected chi connectivity index (χ3v) is 7.04. The van der Waals surface area contributed by atoms with Gasteiger partial charge in [-0.05, 0) is 29.8 Å². The van der Waals surface area contributed by atoms with Gasteiger partial charge in [0.05, 0.1) is 0 Å². The molecule has 0 spiro atoms. The van der Waals surface area contributed by atoms with Gasteiger partial charge in [0.1, 0.15) is 5.25 Å². The number of benzene rings is 4. The molecule has 0 fully saturated rings. The van der Waals surface area contributed by atoms with Gasteiger partial charge < -0.3 is 0 Å². The Labute approximate surface area is 210 Å². The quantitative estimate of drug-likeness (QED) is 0.164. The van der Waals surface area contributed by atoms with Crippen LogP contribution in [0.2, 0.25) is 0 Å². The van der Waals surface area contributed by atoms with E-state index < -0.39 is 5.25 Å². The van der Waals surface area contributed by atoms with Gasteiger partial charge in [0.2, 0.25) is 0 Å². The van der Waals surface area contributed by atoms with Crippen molar-refractivity contribution in [2.75, 3.05) is 0 Å². The van der Waals surface area contributed by atoms with Gasteiger partial charge in [-0.3, -0.25) is 9.36 Å². The molecule has 0 N–H and O–H groups in total. The van der Waals surface area contributed by atoms with Crippen molar-refractivity contribution < 1.29 is 4.79 Å². The number of aromatic nitrogens is 3. The van der Waals surface area contributed by atoms with Crippen molar-refractivity contribution in [3.63, 3.8) is 0 Å². The Balaban J connectivity index is 1.62. The number of hydrogen-bond donors (Lipinski definition) is 0. The summed E-state index contributed by atoms with van der Waals surface area (Å²) in [6, 6.07) is 37.2. The van der Waals surface area contributed by atoms with Gasteiger partial charge in [0.15, 0.2) is 16.8 Å². The Hall–Kier alpha value is -3.48. The van der Waals surface area contributed by atoms with Crippen LogP contribution in [0.4, 0.5) is 0 Å². The first-order chi connectivity index (χ1) is 16.7. The molecule has 0 radical (unpaired) electrons. The van der Waals surface area contributed by atoms with Crippen LogP contribution >= 0.6 is 27.7 Å². The zero-order valence-electron chi connectivity index (χ0n) is 18.1. The summed E-state index contributed by atoms with van der Waals surface area (Å²) in [5.41, 5.74) is 3.46. The van der Waals surface area contributed by atoms with Crippen molar-refractivity contribution in [1.82, 2.24) is 14.8 Å². The van der Waals surface area contributed by atoms with E-state index in [0.29, 0.717) is 16.5 Å². The molecule has 4 aromatic carbocycles. The van der Waals surface area contributed by atoms with E-state index in [1.807, 2.05) is 120 Å². The summed E-state index contributed by atoms with van der Waals surface area (Å²) in [4.78, 5) is 13.6. The van der Waals surface area contributed by atoms with Gasteiger partial charge in [-0.25, -0.2) is 0 Å². The molecule has 0 amide bonds. The minimum absolute atomic E-state index is 0.0309. The van der Waals surface area contributed by atoms with Crippen LogP contribution in [0.25, 0.3) is 17.1 Å². The van der Waals surface area contributed by atoms with E-state index in [4.69, 9.17) is 0 Å². The molecular weight excluding hydrogens is 506 g/mol. The molecule has 0 aliphatic heterocycles. The minimum atomic E-state index is -0.467. The van der Waals surface area contributed by atoms with E-state index in [0.717, 1.165) is 21.3 Å². The highest BCUT2D eigenvalue weighted by Gasteiger charge is 2.27. The highest BCUT2D eigenvalue weighted by Crippen LogP contribution is 2.39. The average molecular weight is 526 g/mol. The summed E-state index contributed by atoms with van der Waals surface area (Å²) in [5, 5.41) is 9.28. The summed E-state index contributed by atoms with van der Waals surface area (Å²) in [6.45, 7) is 0. The topological polar surface area (TPSA) is 47.8 Å². The number of halogens is 1. The lowest BCUT2D eigenvalue weighted by atomic mass is 10.0. The molecule has 5 rings (SSSR count). The smallest absolute Gasteiger partial charge is 0.197 e. The van der Waals surface area contributed by atoms with Crippen molar-refractivity contribution in [3.05, 3.63) is 131 Å². The molecule has 4 nitrogen and oxygen atoms in total. The van der Waals surface area contributed by atoms with E-state index in [1.54, 1.807) is 0 Å². The maximum absolute atomic E-state index is 13.6. The van der Waals surface area contributed by atoms with Crippen LogP contribution in [-0.2, 0) is 0 Å². The van der Waals surface area contributed by atoms with Crippen LogP contribution in [0.5, 0.6) is 0 Å². The number of nitrogens with zero attached hydrogens (tertiary/aromatic N) is 3. The molecule has 0 saturated heterocycles. The normalized spacial score (nSPS) is 11.8. The summed E-state index contributed by atoms with van der Waals surface area (Å²) in [5.74, 6) is 0.748. The first-order valence-electron chi connectivity index (χ1n) is 10.8. The van der Waals surface area contributed by atoms with Gasteiger partial charge in [-0.2, -0.15) is 0 Å². The minimum Gasteiger partial charge on any atom is -0.293 e. The van der Waals surface area contributed by atoms with Crippen molar-refractivity contribution in [2.24, 2.45) is 0 Å². The number of para-hydroxylation sites is 1. The van der Waals surface area contributed by atoms with Crippen LogP contribution in [0.1, 0.15) is 21.2 Å². The molecule has 5 aromatic rings. The zero-order valence-corrected chi connectivity index (χ0v) is 20.5. The molecule has 0 bridgehead atoms. The van der Waals surface area contributed by atoms with E-state index in [1.165, 1.54) is 11.8 Å². The Morgan fingerprint density at radius 3 is 2.09 bits per heavy atom. The molecule has 1 aromatic heterocycles. The van der Waals surface area contributed by atoms with Gasteiger partial charge >= 0.3 is 0 Å². The monoisotopic (exact) mass is 525 g/mol. The standard InChI is InChI=1S/C28H20BrN3OS/c29-23-16-10-15-22(19-23)27-30-31-28(32(27)24-17-8-3-9-18-24)34-26(21-13-6-2-7-14-21)25(33)20-11-4-1-5-12-20/h1-19,26H/t26-/m1/s1. The lowest BCUT2D eigenvalue weighted by molar-refractivity contribution is 0.0989. The summed E-state index contributed by atoms with van der Waals surface area (Å²) < 4.78 is 2.98. The number of Topliss-reactive ketones (excluding diaryl/α,β-unsaturated/α-hetero) is 1. The molecule has 0 saturated carbocycles. The molecular formula is C28H20BrN3OS. The first-order valence-corrected chi connectivity index (χ1v) is 12.5. The second-order valence-corrected chi connectivity index (χ2v) is 9.61. The van der Waals surface area contributed by atoms with Gasteiger partial charge in [-0.1, -0.05) is 119 Å². The fourth-order valence-electron chi connectivity index (χ4n) is 3.73. The lowest BCUT2D eigenvalue weighted by Crippen LogP contribution is -2.11. The predicted octanol–water partition coefficient (Wildman–Crippen LogP) is 7.41. The number of ketones is 1. The highest BCUT2D eigenvalue weighted by atomic mass is 79.9. The summed E-state index contributed by atoms with van der Waals surface area (Å²) in [6.07, 6.45) is 0. The maximum atomic E-state index is 13.6. The number of hydrogen-bond acceptors (Lipinski definition) is 4. The van der Waals surface area contributed by atoms with Crippen molar-refractivity contribution in [3.8, 4) is 17.1 Å². The van der Waals surface area contributed by atoms with Crippen LogP contribution in [0.15, 0.2) is 125 Å².